The van der Waals surface area contributed by atoms with Crippen molar-refractivity contribution in [2.75, 3.05) is 0 Å². The Balaban J connectivity index is -0.000000200. The average molecular weight is 402 g/mol. The van der Waals surface area contributed by atoms with Crippen molar-refractivity contribution >= 4 is 0 Å². The Kier molecular flexibility index (Phi) is 26.9. The Morgan fingerprint density at radius 1 is 0.500 bits per heavy atom. The molecule has 0 N–H and O–H groups in total. The largest absolute Gasteiger partial charge is 0.0467 e. The maximum absolute atomic E-state index is 7.50. The summed E-state index contributed by atoms with van der Waals surface area (Å²) in [5.41, 5.74) is 0. The van der Waals surface area contributed by atoms with Crippen molar-refractivity contribution in [2.45, 2.75) is 0 Å². The van der Waals surface area contributed by atoms with Crippen LogP contribution in [0.15, 0.2) is 84.9 Å². The molecule has 0 radical (unpaired) electrons. The van der Waals surface area contributed by atoms with E-state index < -0.39 is 0 Å². The van der Waals surface area contributed by atoms with E-state index in [0.717, 1.165) is 0 Å². The Bertz CT molecular complexity index is 263. The van der Waals surface area contributed by atoms with Gasteiger partial charge in [0.25, 0.3) is 0 Å². The van der Waals surface area contributed by atoms with Crippen molar-refractivity contribution in [1.29, 1.82) is 0 Å². The van der Waals surface area contributed by atoms with E-state index in [0.29, 0.717) is 0 Å². The number of hydrogen-bond acceptors (Lipinski definition) is 0. The van der Waals surface area contributed by atoms with Gasteiger partial charge in [-0.15, -0.1) is 0 Å². The van der Waals surface area contributed by atoms with Crippen LogP contribution in [0, 0.1) is 6.65 Å². The minimum Gasteiger partial charge on any atom is 0 e. The summed E-state index contributed by atoms with van der Waals surface area (Å²) >= 11 is 0. The average Bonchev–Trinajstić information content (AvgIpc) is 2.82. The molecule has 2 rings (SSSR count). The molecule has 0 saturated heterocycles. The minimum absolute atomic E-state index is 0. The Morgan fingerprint density at radius 3 is 0.944 bits per heavy atom. The van der Waals surface area contributed by atoms with Gasteiger partial charge in [0.15, 0.2) is 0 Å². The number of hydrogen-bond donors (Lipinski definition) is 0. The Morgan fingerprint density at radius 2 is 0.722 bits per heavy atom. The standard InChI is InChI=1S/2C7H7.CO.2Mo/c2*1-2-4-6-7-5-3-1;1-2;;/h2*1-7H;;;/q2*+1;;;. The summed E-state index contributed by atoms with van der Waals surface area (Å²) in [4.78, 5) is 0. The van der Waals surface area contributed by atoms with Crippen LogP contribution in [0.5, 0.6) is 0 Å². The first kappa shape index (κ1) is 22.5. The molecule has 3 heteroatoms. The molecule has 0 unspecified atom stereocenters. The normalized spacial score (nSPS) is 6.33. The fraction of sp³-hybridized carbons (Fsp3) is 0. The molecule has 0 heterocycles. The van der Waals surface area contributed by atoms with E-state index in [9.17, 15) is 0 Å². The second-order valence-electron chi connectivity index (χ2n) is 2.69. The summed E-state index contributed by atoms with van der Waals surface area (Å²) in [5.74, 6) is 0. The third-order valence-corrected chi connectivity index (χ3v) is 1.56. The second kappa shape index (κ2) is 21.6. The summed E-state index contributed by atoms with van der Waals surface area (Å²) in [7, 11) is 0. The molecule has 0 bridgehead atoms. The van der Waals surface area contributed by atoms with Gasteiger partial charge < -0.3 is 0 Å². The first-order valence-electron chi connectivity index (χ1n) is 4.87. The van der Waals surface area contributed by atoms with Crippen molar-refractivity contribution in [3.8, 4) is 0 Å². The molecule has 0 aliphatic rings. The first-order valence-corrected chi connectivity index (χ1v) is 4.87. The van der Waals surface area contributed by atoms with Crippen LogP contribution in [-0.2, 0) is 46.8 Å². The van der Waals surface area contributed by atoms with Crippen LogP contribution in [0.4, 0.5) is 0 Å². The summed E-state index contributed by atoms with van der Waals surface area (Å²) in [6.07, 6.45) is 0. The molecular formula is C15H14Mo2O+2. The predicted molar refractivity (Wildman–Crippen MR) is 65.6 cm³/mol. The number of rotatable bonds is 0. The van der Waals surface area contributed by atoms with E-state index in [1.807, 2.05) is 84.9 Å². The minimum atomic E-state index is 0. The van der Waals surface area contributed by atoms with Crippen LogP contribution in [0.25, 0.3) is 0 Å². The van der Waals surface area contributed by atoms with Crippen LogP contribution in [0.1, 0.15) is 0 Å². The van der Waals surface area contributed by atoms with E-state index in [1.165, 1.54) is 0 Å². The second-order valence-corrected chi connectivity index (χ2v) is 2.69. The van der Waals surface area contributed by atoms with Crippen LogP contribution in [-0.4, -0.2) is 0 Å². The van der Waals surface area contributed by atoms with Gasteiger partial charge >= 0.3 is 11.3 Å². The zero-order valence-electron chi connectivity index (χ0n) is 9.81. The van der Waals surface area contributed by atoms with Gasteiger partial charge in [-0.1, -0.05) is 0 Å². The molecule has 0 aliphatic heterocycles. The van der Waals surface area contributed by atoms with Crippen LogP contribution < -0.4 is 0 Å². The molecule has 2 aromatic carbocycles. The van der Waals surface area contributed by atoms with E-state index in [-0.39, 0.29) is 42.1 Å². The smallest absolute Gasteiger partial charge is 0 e. The van der Waals surface area contributed by atoms with E-state index in [4.69, 9.17) is 4.65 Å². The zero-order chi connectivity index (χ0) is 11.9. The molecule has 0 fully saturated rings. The van der Waals surface area contributed by atoms with E-state index in [2.05, 4.69) is 6.65 Å². The van der Waals surface area contributed by atoms with Gasteiger partial charge in [0.05, 0.1) is 0 Å². The fourth-order valence-corrected chi connectivity index (χ4v) is 0.898. The van der Waals surface area contributed by atoms with Gasteiger partial charge in [-0.2, -0.15) is 0 Å². The summed E-state index contributed by atoms with van der Waals surface area (Å²) in [5, 5.41) is 0. The van der Waals surface area contributed by atoms with Gasteiger partial charge in [-0.05, 0) is 0 Å². The van der Waals surface area contributed by atoms with Crippen molar-refractivity contribution in [1.82, 2.24) is 0 Å². The SMILES string of the molecule is [C-]#[O+].[Mo].[Mo].c1ccc[cH+]cc1.c1ccc[cH+]cc1. The quantitative estimate of drug-likeness (QED) is 0.362. The Labute approximate surface area is 138 Å². The van der Waals surface area contributed by atoms with Gasteiger partial charge in [0.2, 0.25) is 0 Å². The summed E-state index contributed by atoms with van der Waals surface area (Å²) in [6.45, 7) is 4.50. The Hall–Kier alpha value is -0.703. The third kappa shape index (κ3) is 17.7. The molecule has 2 aromatic rings. The molecule has 0 aliphatic carbocycles. The van der Waals surface area contributed by atoms with E-state index >= 15 is 0 Å². The van der Waals surface area contributed by atoms with Crippen molar-refractivity contribution in [2.24, 2.45) is 0 Å². The molecule has 0 saturated carbocycles. The fourth-order valence-electron chi connectivity index (χ4n) is 0.898. The van der Waals surface area contributed by atoms with E-state index in [1.54, 1.807) is 0 Å². The molecular weight excluding hydrogens is 388 g/mol. The monoisotopic (exact) mass is 406 g/mol. The molecule has 0 spiro atoms. The first-order chi connectivity index (χ1) is 8.00. The van der Waals surface area contributed by atoms with Gasteiger partial charge in [0, 0.05) is 127 Å². The molecule has 0 amide bonds. The predicted octanol–water partition coefficient (Wildman–Crippen LogP) is 3.89. The van der Waals surface area contributed by atoms with Crippen LogP contribution in [0.2, 0.25) is 0 Å². The molecule has 1 nitrogen and oxygen atoms in total. The maximum Gasteiger partial charge on any atom is 0.0467 e. The van der Waals surface area contributed by atoms with Gasteiger partial charge in [-0.3, -0.25) is 0 Å². The van der Waals surface area contributed by atoms with Crippen molar-refractivity contribution in [3.63, 3.8) is 0 Å². The molecule has 90 valence electrons. The van der Waals surface area contributed by atoms with Crippen molar-refractivity contribution in [3.05, 3.63) is 91.6 Å². The summed E-state index contributed by atoms with van der Waals surface area (Å²) in [6, 6.07) is 28.0. The van der Waals surface area contributed by atoms with Crippen molar-refractivity contribution < 1.29 is 46.8 Å². The van der Waals surface area contributed by atoms with Crippen LogP contribution in [0.3, 0.4) is 0 Å². The molecule has 0 atom stereocenters. The van der Waals surface area contributed by atoms with Gasteiger partial charge in [-0.25, -0.2) is 0 Å². The molecule has 0 aromatic heterocycles. The topological polar surface area (TPSA) is 19.9 Å². The third-order valence-electron chi connectivity index (χ3n) is 1.56. The van der Waals surface area contributed by atoms with Crippen LogP contribution >= 0.6 is 0 Å². The maximum atomic E-state index is 7.50. The zero-order valence-corrected chi connectivity index (χ0v) is 13.8. The molecule has 18 heavy (non-hydrogen) atoms. The van der Waals surface area contributed by atoms with Gasteiger partial charge in [0.1, 0.15) is 0 Å². The summed E-state index contributed by atoms with van der Waals surface area (Å²) < 4.78 is 7.50.